The van der Waals surface area contributed by atoms with Gasteiger partial charge in [-0.2, -0.15) is 0 Å². The highest BCUT2D eigenvalue weighted by Crippen LogP contribution is 2.30. The van der Waals surface area contributed by atoms with E-state index in [1.807, 2.05) is 25.7 Å². The maximum atomic E-state index is 12.7. The van der Waals surface area contributed by atoms with Crippen LogP contribution in [0, 0.1) is 5.92 Å². The highest BCUT2D eigenvalue weighted by molar-refractivity contribution is 5.77. The molecule has 0 spiro atoms. The molecule has 0 N–H and O–H groups in total. The molecule has 6 nitrogen and oxygen atoms in total. The van der Waals surface area contributed by atoms with Crippen LogP contribution in [0.3, 0.4) is 0 Å². The monoisotopic (exact) mass is 425 g/mol. The molecule has 6 heteroatoms. The third-order valence-electron chi connectivity index (χ3n) is 6.53. The molecule has 1 aliphatic carbocycles. The summed E-state index contributed by atoms with van der Waals surface area (Å²) in [6.45, 7) is 8.29. The zero-order valence-electron chi connectivity index (χ0n) is 19.2. The fourth-order valence-electron chi connectivity index (χ4n) is 4.79. The number of rotatable bonds is 3. The van der Waals surface area contributed by atoms with E-state index in [0.29, 0.717) is 37.9 Å². The lowest BCUT2D eigenvalue weighted by Crippen LogP contribution is -2.39. The van der Waals surface area contributed by atoms with Crippen molar-refractivity contribution in [2.75, 3.05) is 19.6 Å². The Bertz CT molecular complexity index is 865. The maximum Gasteiger partial charge on any atom is 0.410 e. The van der Waals surface area contributed by atoms with Crippen LogP contribution in [0.15, 0.2) is 18.2 Å². The van der Waals surface area contributed by atoms with Crippen LogP contribution in [-0.4, -0.2) is 52.0 Å². The van der Waals surface area contributed by atoms with E-state index in [0.717, 1.165) is 30.8 Å². The molecule has 0 bridgehead atoms. The normalized spacial score (nSPS) is 19.8. The summed E-state index contributed by atoms with van der Waals surface area (Å²) in [5.74, 6) is 0.895. The Kier molecular flexibility index (Phi) is 6.35. The second-order valence-corrected chi connectivity index (χ2v) is 10.1. The van der Waals surface area contributed by atoms with Crippen LogP contribution >= 0.6 is 0 Å². The molecule has 1 fully saturated rings. The fraction of sp³-hybridized carbons (Fsp3) is 0.640. The average Bonchev–Trinajstić information content (AvgIpc) is 3.25. The molecule has 0 unspecified atom stereocenters. The van der Waals surface area contributed by atoms with Gasteiger partial charge in [0.05, 0.1) is 5.69 Å². The van der Waals surface area contributed by atoms with Gasteiger partial charge in [0.2, 0.25) is 5.91 Å². The van der Waals surface area contributed by atoms with E-state index in [1.165, 1.54) is 36.8 Å². The largest absolute Gasteiger partial charge is 0.444 e. The van der Waals surface area contributed by atoms with Gasteiger partial charge in [-0.25, -0.2) is 4.79 Å². The van der Waals surface area contributed by atoms with Crippen LogP contribution in [0.25, 0.3) is 5.57 Å². The number of carbonyl (C=O) groups excluding carboxylic acids is 2. The minimum absolute atomic E-state index is 0.261. The van der Waals surface area contributed by atoms with Gasteiger partial charge in [-0.15, -0.1) is 0 Å². The number of amides is 2. The molecule has 4 rings (SSSR count). The lowest BCUT2D eigenvalue weighted by Gasteiger charge is -2.31. The molecular formula is C25H35N3O3. The lowest BCUT2D eigenvalue weighted by molar-refractivity contribution is -0.133. The summed E-state index contributed by atoms with van der Waals surface area (Å²) in [5, 5.41) is 0. The van der Waals surface area contributed by atoms with Crippen molar-refractivity contribution < 1.29 is 14.3 Å². The summed E-state index contributed by atoms with van der Waals surface area (Å²) < 4.78 is 5.47. The summed E-state index contributed by atoms with van der Waals surface area (Å²) in [4.78, 5) is 33.6. The predicted octanol–water partition coefficient (Wildman–Crippen LogP) is 4.57. The smallest absolute Gasteiger partial charge is 0.410 e. The molecule has 0 saturated heterocycles. The molecule has 1 saturated carbocycles. The van der Waals surface area contributed by atoms with Gasteiger partial charge in [0.15, 0.2) is 0 Å². The molecule has 2 aliphatic heterocycles. The van der Waals surface area contributed by atoms with Gasteiger partial charge in [-0.3, -0.25) is 9.78 Å². The molecule has 2 amide bonds. The van der Waals surface area contributed by atoms with E-state index in [-0.39, 0.29) is 6.09 Å². The van der Waals surface area contributed by atoms with Crippen LogP contribution < -0.4 is 0 Å². The topological polar surface area (TPSA) is 62.7 Å². The Labute approximate surface area is 185 Å². The van der Waals surface area contributed by atoms with Crippen molar-refractivity contribution in [3.05, 3.63) is 35.2 Å². The molecule has 0 aromatic carbocycles. The first kappa shape index (κ1) is 21.8. The van der Waals surface area contributed by atoms with Crippen LogP contribution in [0.4, 0.5) is 4.79 Å². The Hall–Kier alpha value is -2.37. The fourth-order valence-corrected chi connectivity index (χ4v) is 4.79. The Morgan fingerprint density at radius 1 is 1.10 bits per heavy atom. The highest BCUT2D eigenvalue weighted by atomic mass is 16.6. The van der Waals surface area contributed by atoms with E-state index in [9.17, 15) is 9.59 Å². The molecule has 31 heavy (non-hydrogen) atoms. The standard InChI is InChI=1S/C25H35N3O3/c1-25(2,3)31-24(30)27-13-10-19(11-14-27)21-9-8-20-17-28(15-12-22(20)26-21)23(29)16-18-6-4-5-7-18/h8-10,18H,4-7,11-17H2,1-3H3. The van der Waals surface area contributed by atoms with Gasteiger partial charge in [-0.1, -0.05) is 25.0 Å². The molecule has 0 atom stereocenters. The number of nitrogens with zero attached hydrogens (tertiary/aromatic N) is 3. The van der Waals surface area contributed by atoms with Gasteiger partial charge < -0.3 is 14.5 Å². The Morgan fingerprint density at radius 3 is 2.52 bits per heavy atom. The first-order valence-electron chi connectivity index (χ1n) is 11.7. The van der Waals surface area contributed by atoms with Gasteiger partial charge in [-0.05, 0) is 63.2 Å². The molecule has 168 valence electrons. The first-order chi connectivity index (χ1) is 14.8. The van der Waals surface area contributed by atoms with Crippen molar-refractivity contribution in [2.45, 2.75) is 77.9 Å². The summed E-state index contributed by atoms with van der Waals surface area (Å²) >= 11 is 0. The van der Waals surface area contributed by atoms with Crippen LogP contribution in [0.1, 0.15) is 76.2 Å². The number of hydrogen-bond acceptors (Lipinski definition) is 4. The molecule has 3 aliphatic rings. The zero-order chi connectivity index (χ0) is 22.0. The number of carbonyl (C=O) groups is 2. The van der Waals surface area contributed by atoms with Crippen molar-refractivity contribution in [1.82, 2.24) is 14.8 Å². The molecule has 1 aromatic heterocycles. The Balaban J connectivity index is 1.36. The van der Waals surface area contributed by atoms with E-state index < -0.39 is 5.60 Å². The number of ether oxygens (including phenoxy) is 1. The summed E-state index contributed by atoms with van der Waals surface area (Å²) in [6, 6.07) is 4.20. The quantitative estimate of drug-likeness (QED) is 0.712. The van der Waals surface area contributed by atoms with Gasteiger partial charge in [0, 0.05) is 44.7 Å². The molecular weight excluding hydrogens is 390 g/mol. The first-order valence-corrected chi connectivity index (χ1v) is 11.7. The average molecular weight is 426 g/mol. The summed E-state index contributed by atoms with van der Waals surface area (Å²) in [5.41, 5.74) is 3.98. The van der Waals surface area contributed by atoms with Gasteiger partial charge >= 0.3 is 6.09 Å². The number of aromatic nitrogens is 1. The SMILES string of the molecule is CC(C)(C)OC(=O)N1CC=C(c2ccc3c(n2)CCN(C(=O)CC2CCCC2)C3)CC1. The molecule has 1 aromatic rings. The van der Waals surface area contributed by atoms with Crippen molar-refractivity contribution in [1.29, 1.82) is 0 Å². The Morgan fingerprint density at radius 2 is 1.84 bits per heavy atom. The van der Waals surface area contributed by atoms with E-state index in [2.05, 4.69) is 18.2 Å². The van der Waals surface area contributed by atoms with Gasteiger partial charge in [0.1, 0.15) is 5.60 Å². The summed E-state index contributed by atoms with van der Waals surface area (Å²) in [7, 11) is 0. The second kappa shape index (κ2) is 9.01. The van der Waals surface area contributed by atoms with E-state index in [4.69, 9.17) is 9.72 Å². The minimum atomic E-state index is -0.479. The van der Waals surface area contributed by atoms with Crippen molar-refractivity contribution in [2.24, 2.45) is 5.92 Å². The number of hydrogen-bond donors (Lipinski definition) is 0. The van der Waals surface area contributed by atoms with Crippen molar-refractivity contribution in [3.63, 3.8) is 0 Å². The van der Waals surface area contributed by atoms with E-state index in [1.54, 1.807) is 4.90 Å². The van der Waals surface area contributed by atoms with Crippen molar-refractivity contribution >= 4 is 17.6 Å². The third kappa shape index (κ3) is 5.46. The second-order valence-electron chi connectivity index (χ2n) is 10.1. The van der Waals surface area contributed by atoms with Crippen LogP contribution in [-0.2, 0) is 22.5 Å². The summed E-state index contributed by atoms with van der Waals surface area (Å²) in [6.07, 6.45) is 9.10. The molecule has 0 radical (unpaired) electrons. The van der Waals surface area contributed by atoms with Crippen LogP contribution in [0.2, 0.25) is 0 Å². The lowest BCUT2D eigenvalue weighted by atomic mass is 9.99. The van der Waals surface area contributed by atoms with Crippen LogP contribution in [0.5, 0.6) is 0 Å². The maximum absolute atomic E-state index is 12.7. The van der Waals surface area contributed by atoms with Crippen molar-refractivity contribution in [3.8, 4) is 0 Å². The number of fused-ring (bicyclic) bond motifs is 1. The molecule has 3 heterocycles. The number of pyridine rings is 1. The minimum Gasteiger partial charge on any atom is -0.444 e. The van der Waals surface area contributed by atoms with E-state index >= 15 is 0 Å². The predicted molar refractivity (Wildman–Crippen MR) is 120 cm³/mol. The highest BCUT2D eigenvalue weighted by Gasteiger charge is 2.27. The zero-order valence-corrected chi connectivity index (χ0v) is 19.2. The third-order valence-corrected chi connectivity index (χ3v) is 6.53. The van der Waals surface area contributed by atoms with Gasteiger partial charge in [0.25, 0.3) is 0 Å².